The van der Waals surface area contributed by atoms with Gasteiger partial charge in [0.15, 0.2) is 6.29 Å². The molecule has 0 unspecified atom stereocenters. The molecule has 20 heavy (non-hydrogen) atoms. The lowest BCUT2D eigenvalue weighted by molar-refractivity contribution is -0.106. The average molecular weight is 292 g/mol. The maximum absolute atomic E-state index is 5.23. The van der Waals surface area contributed by atoms with Gasteiger partial charge in [-0.25, -0.2) is 0 Å². The van der Waals surface area contributed by atoms with E-state index in [2.05, 4.69) is 30.4 Å². The molecule has 1 aromatic carbocycles. The molecule has 0 spiro atoms. The summed E-state index contributed by atoms with van der Waals surface area (Å²) in [5.74, 6) is 0.928. The number of hydrogen-bond acceptors (Lipinski definition) is 4. The molecule has 0 aliphatic carbocycles. The quantitative estimate of drug-likeness (QED) is 0.578. The molecule has 2 rings (SSSR count). The van der Waals surface area contributed by atoms with Crippen LogP contribution in [0, 0.1) is 0 Å². The number of benzene rings is 1. The summed E-state index contributed by atoms with van der Waals surface area (Å²) in [6.45, 7) is 3.00. The molecule has 5 heteroatoms. The number of aryl methyl sites for hydroxylation is 1. The van der Waals surface area contributed by atoms with Crippen LogP contribution in [-0.2, 0) is 21.8 Å². The van der Waals surface area contributed by atoms with Crippen LogP contribution in [0.2, 0.25) is 0 Å². The van der Waals surface area contributed by atoms with Crippen LogP contribution in [0.3, 0.4) is 0 Å². The van der Waals surface area contributed by atoms with E-state index in [0.29, 0.717) is 0 Å². The maximum atomic E-state index is 5.23. The molecule has 0 aliphatic rings. The van der Waals surface area contributed by atoms with Gasteiger partial charge in [-0.3, -0.25) is 4.68 Å². The van der Waals surface area contributed by atoms with E-state index in [1.807, 2.05) is 23.0 Å². The first-order valence-corrected chi connectivity index (χ1v) is 7.55. The fraction of sp³-hybridized carbons (Fsp3) is 0.400. The summed E-state index contributed by atoms with van der Waals surface area (Å²) in [4.78, 5) is 1.23. The normalized spacial score (nSPS) is 11.2. The number of methoxy groups -OCH3 is 2. The van der Waals surface area contributed by atoms with E-state index < -0.39 is 0 Å². The van der Waals surface area contributed by atoms with Crippen molar-refractivity contribution in [1.82, 2.24) is 9.78 Å². The van der Waals surface area contributed by atoms with Gasteiger partial charge in [0.1, 0.15) is 0 Å². The summed E-state index contributed by atoms with van der Waals surface area (Å²) < 4.78 is 12.4. The molecule has 1 heterocycles. The highest BCUT2D eigenvalue weighted by Crippen LogP contribution is 2.25. The molecule has 0 fully saturated rings. The third kappa shape index (κ3) is 3.85. The Balaban J connectivity index is 1.93. The van der Waals surface area contributed by atoms with E-state index in [-0.39, 0.29) is 6.29 Å². The molecule has 0 saturated heterocycles. The van der Waals surface area contributed by atoms with E-state index >= 15 is 0 Å². The van der Waals surface area contributed by atoms with Crippen molar-refractivity contribution in [3.63, 3.8) is 0 Å². The van der Waals surface area contributed by atoms with Gasteiger partial charge in [-0.05, 0) is 19.1 Å². The molecule has 0 atom stereocenters. The predicted octanol–water partition coefficient (Wildman–Crippen LogP) is 3.49. The van der Waals surface area contributed by atoms with Crippen molar-refractivity contribution < 1.29 is 9.47 Å². The lowest BCUT2D eigenvalue weighted by Gasteiger charge is -2.13. The minimum absolute atomic E-state index is 0.295. The van der Waals surface area contributed by atoms with Gasteiger partial charge in [-0.15, -0.1) is 11.8 Å². The number of aromatic nitrogens is 2. The second-order valence-corrected chi connectivity index (χ2v) is 5.41. The Morgan fingerprint density at radius 1 is 1.20 bits per heavy atom. The Kier molecular flexibility index (Phi) is 5.64. The number of ether oxygens (including phenoxy) is 2. The summed E-state index contributed by atoms with van der Waals surface area (Å²) in [6, 6.07) is 8.26. The van der Waals surface area contributed by atoms with Crippen molar-refractivity contribution in [3.8, 4) is 0 Å². The first kappa shape index (κ1) is 15.1. The van der Waals surface area contributed by atoms with Crippen LogP contribution in [0.5, 0.6) is 0 Å². The van der Waals surface area contributed by atoms with E-state index in [9.17, 15) is 0 Å². The van der Waals surface area contributed by atoms with Gasteiger partial charge in [-0.2, -0.15) is 5.10 Å². The minimum atomic E-state index is -0.295. The molecule has 4 nitrogen and oxygen atoms in total. The standard InChI is InChI=1S/C15H20N2O2S/c1-4-17-10-12(9-16-17)11-20-14-7-5-13(6-8-14)15(18-2)19-3/h5-10,15H,4,11H2,1-3H3. The Morgan fingerprint density at radius 3 is 2.45 bits per heavy atom. The zero-order valence-corrected chi connectivity index (χ0v) is 12.9. The van der Waals surface area contributed by atoms with Gasteiger partial charge in [0, 0.05) is 48.7 Å². The second-order valence-electron chi connectivity index (χ2n) is 4.37. The Morgan fingerprint density at radius 2 is 1.90 bits per heavy atom. The largest absolute Gasteiger partial charge is 0.352 e. The van der Waals surface area contributed by atoms with E-state index in [0.717, 1.165) is 17.9 Å². The zero-order valence-electron chi connectivity index (χ0n) is 12.1. The Hall–Kier alpha value is -1.30. The number of hydrogen-bond donors (Lipinski definition) is 0. The van der Waals surface area contributed by atoms with E-state index in [1.54, 1.807) is 26.0 Å². The van der Waals surface area contributed by atoms with Crippen molar-refractivity contribution in [2.24, 2.45) is 0 Å². The van der Waals surface area contributed by atoms with Crippen LogP contribution in [0.15, 0.2) is 41.6 Å². The summed E-state index contributed by atoms with van der Waals surface area (Å²) in [5, 5.41) is 4.28. The van der Waals surface area contributed by atoms with Crippen LogP contribution >= 0.6 is 11.8 Å². The number of nitrogens with zero attached hydrogens (tertiary/aromatic N) is 2. The van der Waals surface area contributed by atoms with Crippen molar-refractivity contribution in [1.29, 1.82) is 0 Å². The van der Waals surface area contributed by atoms with E-state index in [1.165, 1.54) is 10.5 Å². The van der Waals surface area contributed by atoms with Crippen molar-refractivity contribution in [3.05, 3.63) is 47.8 Å². The molecule has 0 N–H and O–H groups in total. The highest BCUT2D eigenvalue weighted by Gasteiger charge is 2.08. The smallest absolute Gasteiger partial charge is 0.183 e. The molecule has 0 radical (unpaired) electrons. The molecular formula is C15H20N2O2S. The van der Waals surface area contributed by atoms with Gasteiger partial charge in [-0.1, -0.05) is 12.1 Å². The van der Waals surface area contributed by atoms with Crippen molar-refractivity contribution in [2.45, 2.75) is 30.4 Å². The lowest BCUT2D eigenvalue weighted by atomic mass is 10.2. The molecule has 2 aromatic rings. The van der Waals surface area contributed by atoms with Gasteiger partial charge < -0.3 is 9.47 Å². The summed E-state index contributed by atoms with van der Waals surface area (Å²) in [5.41, 5.74) is 2.27. The van der Waals surface area contributed by atoms with Crippen LogP contribution in [-0.4, -0.2) is 24.0 Å². The highest BCUT2D eigenvalue weighted by atomic mass is 32.2. The molecule has 0 aliphatic heterocycles. The first-order chi connectivity index (χ1) is 9.76. The zero-order chi connectivity index (χ0) is 14.4. The van der Waals surface area contributed by atoms with Crippen LogP contribution in [0.4, 0.5) is 0 Å². The summed E-state index contributed by atoms with van der Waals surface area (Å²) in [7, 11) is 3.28. The molecule has 0 saturated carbocycles. The highest BCUT2D eigenvalue weighted by molar-refractivity contribution is 7.98. The summed E-state index contributed by atoms with van der Waals surface area (Å²) >= 11 is 1.80. The molecule has 108 valence electrons. The fourth-order valence-corrected chi connectivity index (χ4v) is 2.72. The van der Waals surface area contributed by atoms with Crippen molar-refractivity contribution in [2.75, 3.05) is 14.2 Å². The summed E-state index contributed by atoms with van der Waals surface area (Å²) in [6.07, 6.45) is 3.72. The first-order valence-electron chi connectivity index (χ1n) is 6.56. The topological polar surface area (TPSA) is 36.3 Å². The second kappa shape index (κ2) is 7.47. The number of thioether (sulfide) groups is 1. The third-order valence-corrected chi connectivity index (χ3v) is 4.08. The minimum Gasteiger partial charge on any atom is -0.352 e. The third-order valence-electron chi connectivity index (χ3n) is 3.00. The molecule has 0 bridgehead atoms. The Bertz CT molecular complexity index is 521. The van der Waals surface area contributed by atoms with Gasteiger partial charge in [0.2, 0.25) is 0 Å². The van der Waals surface area contributed by atoms with E-state index in [4.69, 9.17) is 9.47 Å². The lowest BCUT2D eigenvalue weighted by Crippen LogP contribution is -2.02. The van der Waals surface area contributed by atoms with Crippen LogP contribution in [0.25, 0.3) is 0 Å². The SMILES string of the molecule is CCn1cc(CSc2ccc(C(OC)OC)cc2)cn1. The van der Waals surface area contributed by atoms with Crippen LogP contribution < -0.4 is 0 Å². The maximum Gasteiger partial charge on any atom is 0.183 e. The fourth-order valence-electron chi connectivity index (χ4n) is 1.91. The average Bonchev–Trinajstić information content (AvgIpc) is 2.96. The van der Waals surface area contributed by atoms with Gasteiger partial charge >= 0.3 is 0 Å². The van der Waals surface area contributed by atoms with Gasteiger partial charge in [0.05, 0.1) is 6.20 Å². The molecule has 1 aromatic heterocycles. The molecule has 0 amide bonds. The molecular weight excluding hydrogens is 272 g/mol. The number of rotatable bonds is 7. The predicted molar refractivity (Wildman–Crippen MR) is 80.7 cm³/mol. The monoisotopic (exact) mass is 292 g/mol. The van der Waals surface area contributed by atoms with Gasteiger partial charge in [0.25, 0.3) is 0 Å². The Labute approximate surface area is 124 Å². The van der Waals surface area contributed by atoms with Crippen molar-refractivity contribution >= 4 is 11.8 Å². The van der Waals surface area contributed by atoms with Crippen LogP contribution in [0.1, 0.15) is 24.3 Å².